The molecular formula is C43H25N5S. The van der Waals surface area contributed by atoms with Gasteiger partial charge in [0, 0.05) is 52.8 Å². The molecule has 11 rings (SSSR count). The topological polar surface area (TPSA) is 48.0 Å². The maximum Gasteiger partial charge on any atom is 0.239 e. The number of nitrogens with zero attached hydrogens (tertiary/aromatic N) is 5. The van der Waals surface area contributed by atoms with Gasteiger partial charge in [-0.1, -0.05) is 121 Å². The minimum Gasteiger partial charge on any atom is -0.294 e. The van der Waals surface area contributed by atoms with Crippen molar-refractivity contribution in [1.82, 2.24) is 23.9 Å². The van der Waals surface area contributed by atoms with Crippen LogP contribution >= 0.6 is 11.3 Å². The zero-order valence-electron chi connectivity index (χ0n) is 26.1. The minimum atomic E-state index is 0.584. The molecule has 0 spiro atoms. The van der Waals surface area contributed by atoms with E-state index in [0.29, 0.717) is 17.6 Å². The van der Waals surface area contributed by atoms with Crippen molar-refractivity contribution in [3.63, 3.8) is 0 Å². The number of aromatic nitrogens is 5. The Morgan fingerprint density at radius 3 is 2.00 bits per heavy atom. The molecule has 49 heavy (non-hydrogen) atoms. The summed E-state index contributed by atoms with van der Waals surface area (Å²) in [7, 11) is 0. The van der Waals surface area contributed by atoms with E-state index in [-0.39, 0.29) is 0 Å². The van der Waals surface area contributed by atoms with Gasteiger partial charge in [-0.3, -0.25) is 8.97 Å². The normalized spacial score (nSPS) is 12.1. The van der Waals surface area contributed by atoms with Crippen molar-refractivity contribution in [3.8, 4) is 28.7 Å². The molecular weight excluding hydrogens is 619 g/mol. The van der Waals surface area contributed by atoms with Gasteiger partial charge in [-0.25, -0.2) is 4.98 Å². The van der Waals surface area contributed by atoms with Gasteiger partial charge >= 0.3 is 0 Å². The molecule has 5 aromatic heterocycles. The average molecular weight is 644 g/mol. The SMILES string of the molecule is c1ccc(-c2nc(-c3cccc4sc5ccccc5c34)nc(-n3c4ccccc4c4c5ccccc5c5cc6ccccc6n5c43)n2)cc1. The molecule has 0 saturated carbocycles. The summed E-state index contributed by atoms with van der Waals surface area (Å²) in [6, 6.07) is 53.5. The smallest absolute Gasteiger partial charge is 0.239 e. The van der Waals surface area contributed by atoms with E-state index in [1.165, 1.54) is 41.7 Å². The second kappa shape index (κ2) is 10.1. The van der Waals surface area contributed by atoms with Crippen LogP contribution in [0.3, 0.4) is 0 Å². The number of para-hydroxylation sites is 2. The van der Waals surface area contributed by atoms with Crippen LogP contribution in [0.1, 0.15) is 0 Å². The zero-order valence-corrected chi connectivity index (χ0v) is 26.9. The fourth-order valence-electron chi connectivity index (χ4n) is 7.67. The van der Waals surface area contributed by atoms with Crippen LogP contribution in [0.25, 0.3) is 98.0 Å². The summed E-state index contributed by atoms with van der Waals surface area (Å²) in [5.41, 5.74) is 6.32. The molecule has 0 saturated heterocycles. The molecule has 6 heteroatoms. The standard InChI is InChI=1S/C43H25N5S/c1-2-13-26(14-3-1)40-44-41(32-20-12-24-37-38(32)31-19-8-11-23-36(31)49-37)46-43(45-40)48-34-22-10-7-18-30(34)39-29-17-6-5-16-28(29)35-25-27-15-4-9-21-33(27)47(35)42(39)48/h1-25H. The highest BCUT2D eigenvalue weighted by Crippen LogP contribution is 2.42. The molecule has 0 atom stereocenters. The monoisotopic (exact) mass is 643 g/mol. The van der Waals surface area contributed by atoms with Gasteiger partial charge in [0.05, 0.1) is 16.6 Å². The first-order chi connectivity index (χ1) is 24.3. The van der Waals surface area contributed by atoms with Crippen molar-refractivity contribution in [3.05, 3.63) is 152 Å². The first-order valence-corrected chi connectivity index (χ1v) is 17.2. The molecule has 0 fully saturated rings. The van der Waals surface area contributed by atoms with Crippen molar-refractivity contribution in [2.24, 2.45) is 0 Å². The molecule has 11 aromatic rings. The number of hydrogen-bond acceptors (Lipinski definition) is 4. The molecule has 0 aliphatic heterocycles. The first-order valence-electron chi connectivity index (χ1n) is 16.4. The van der Waals surface area contributed by atoms with Crippen LogP contribution < -0.4 is 0 Å². The number of rotatable bonds is 3. The predicted molar refractivity (Wildman–Crippen MR) is 204 cm³/mol. The highest BCUT2D eigenvalue weighted by molar-refractivity contribution is 7.25. The van der Waals surface area contributed by atoms with Crippen molar-refractivity contribution >= 4 is 80.6 Å². The van der Waals surface area contributed by atoms with Gasteiger partial charge in [-0.05, 0) is 35.7 Å². The predicted octanol–water partition coefficient (Wildman–Crippen LogP) is 11.2. The average Bonchev–Trinajstić information content (AvgIpc) is 3.85. The molecule has 0 unspecified atom stereocenters. The van der Waals surface area contributed by atoms with Crippen LogP contribution in [0.2, 0.25) is 0 Å². The molecule has 0 aliphatic rings. The van der Waals surface area contributed by atoms with E-state index in [4.69, 9.17) is 15.0 Å². The van der Waals surface area contributed by atoms with E-state index in [0.717, 1.165) is 38.7 Å². The van der Waals surface area contributed by atoms with E-state index in [9.17, 15) is 0 Å². The van der Waals surface area contributed by atoms with Crippen LogP contribution in [0.15, 0.2) is 152 Å². The third-order valence-corrected chi connectivity index (χ3v) is 10.9. The molecule has 5 nitrogen and oxygen atoms in total. The van der Waals surface area contributed by atoms with Crippen molar-refractivity contribution in [1.29, 1.82) is 0 Å². The zero-order chi connectivity index (χ0) is 32.1. The Morgan fingerprint density at radius 1 is 0.449 bits per heavy atom. The van der Waals surface area contributed by atoms with Crippen LogP contribution in [-0.4, -0.2) is 23.9 Å². The third kappa shape index (κ3) is 3.77. The van der Waals surface area contributed by atoms with Crippen molar-refractivity contribution in [2.45, 2.75) is 0 Å². The van der Waals surface area contributed by atoms with Gasteiger partial charge in [-0.2, -0.15) is 9.97 Å². The van der Waals surface area contributed by atoms with Gasteiger partial charge in [0.25, 0.3) is 0 Å². The largest absolute Gasteiger partial charge is 0.294 e. The number of benzene rings is 6. The lowest BCUT2D eigenvalue weighted by molar-refractivity contribution is 0.942. The molecule has 0 bridgehead atoms. The molecule has 5 heterocycles. The Labute approximate surface area is 284 Å². The minimum absolute atomic E-state index is 0.584. The Kier molecular flexibility index (Phi) is 5.48. The van der Waals surface area contributed by atoms with Gasteiger partial charge in [0.15, 0.2) is 11.6 Å². The van der Waals surface area contributed by atoms with Crippen LogP contribution in [-0.2, 0) is 0 Å². The van der Waals surface area contributed by atoms with E-state index in [2.05, 4.69) is 142 Å². The summed E-state index contributed by atoms with van der Waals surface area (Å²) < 4.78 is 7.11. The summed E-state index contributed by atoms with van der Waals surface area (Å²) in [6.07, 6.45) is 0. The fraction of sp³-hybridized carbons (Fsp3) is 0. The van der Waals surface area contributed by atoms with Crippen molar-refractivity contribution < 1.29 is 0 Å². The molecule has 0 amide bonds. The van der Waals surface area contributed by atoms with Gasteiger partial charge < -0.3 is 0 Å². The fourth-order valence-corrected chi connectivity index (χ4v) is 8.81. The van der Waals surface area contributed by atoms with Gasteiger partial charge in [0.2, 0.25) is 5.95 Å². The lowest BCUT2D eigenvalue weighted by Crippen LogP contribution is -2.08. The lowest BCUT2D eigenvalue weighted by atomic mass is 10.1. The third-order valence-electron chi connectivity index (χ3n) is 9.74. The van der Waals surface area contributed by atoms with Crippen LogP contribution in [0.4, 0.5) is 0 Å². The second-order valence-electron chi connectivity index (χ2n) is 12.4. The summed E-state index contributed by atoms with van der Waals surface area (Å²) in [4.78, 5) is 15.9. The Hall–Kier alpha value is -6.37. The van der Waals surface area contributed by atoms with Crippen molar-refractivity contribution in [2.75, 3.05) is 0 Å². The molecule has 0 aliphatic carbocycles. The maximum atomic E-state index is 5.39. The van der Waals surface area contributed by atoms with Gasteiger partial charge in [0.1, 0.15) is 5.65 Å². The van der Waals surface area contributed by atoms with E-state index in [1.54, 1.807) is 11.3 Å². The summed E-state index contributed by atoms with van der Waals surface area (Å²) in [6.45, 7) is 0. The van der Waals surface area contributed by atoms with E-state index in [1.807, 2.05) is 18.2 Å². The summed E-state index contributed by atoms with van der Waals surface area (Å²) in [5.74, 6) is 1.87. The first kappa shape index (κ1) is 26.7. The van der Waals surface area contributed by atoms with Crippen LogP contribution in [0, 0.1) is 0 Å². The van der Waals surface area contributed by atoms with Gasteiger partial charge in [-0.15, -0.1) is 11.3 Å². The number of hydrogen-bond donors (Lipinski definition) is 0. The summed E-state index contributed by atoms with van der Waals surface area (Å²) >= 11 is 1.80. The lowest BCUT2D eigenvalue weighted by Gasteiger charge is -2.13. The number of fused-ring (bicyclic) bond motifs is 13. The Balaban J connectivity index is 1.34. The highest BCUT2D eigenvalue weighted by Gasteiger charge is 2.24. The summed E-state index contributed by atoms with van der Waals surface area (Å²) in [5, 5.41) is 8.32. The van der Waals surface area contributed by atoms with E-state index >= 15 is 0 Å². The maximum absolute atomic E-state index is 5.39. The molecule has 228 valence electrons. The van der Waals surface area contributed by atoms with E-state index < -0.39 is 0 Å². The number of pyridine rings is 1. The second-order valence-corrected chi connectivity index (χ2v) is 13.5. The Bertz CT molecular complexity index is 3110. The number of thiophene rings is 1. The molecule has 0 radical (unpaired) electrons. The molecule has 0 N–H and O–H groups in total. The molecule has 6 aromatic carbocycles. The highest BCUT2D eigenvalue weighted by atomic mass is 32.1. The quantitative estimate of drug-likeness (QED) is 0.192. The van der Waals surface area contributed by atoms with Crippen LogP contribution in [0.5, 0.6) is 0 Å². The Morgan fingerprint density at radius 2 is 1.12 bits per heavy atom.